The van der Waals surface area contributed by atoms with Crippen LogP contribution in [0.5, 0.6) is 0 Å². The summed E-state index contributed by atoms with van der Waals surface area (Å²) in [5, 5.41) is 0. The lowest BCUT2D eigenvalue weighted by Crippen LogP contribution is -2.59. The predicted octanol–water partition coefficient (Wildman–Crippen LogP) is 10.3. The van der Waals surface area contributed by atoms with Crippen LogP contribution in [0.3, 0.4) is 0 Å². The van der Waals surface area contributed by atoms with Crippen LogP contribution < -0.4 is 0 Å². The number of imidazole rings is 4. The van der Waals surface area contributed by atoms with E-state index in [0.717, 1.165) is 103 Å². The minimum atomic E-state index is -3.06. The Morgan fingerprint density at radius 2 is 0.486 bits per heavy atom. The second kappa shape index (κ2) is 37.1. The minimum Gasteiger partial charge on any atom is -0.374 e. The van der Waals surface area contributed by atoms with Gasteiger partial charge in [0.25, 0.3) is 0 Å². The third-order valence-electron chi connectivity index (χ3n) is 10.7. The highest BCUT2D eigenvalue weighted by atomic mass is 28.5. The highest BCUT2D eigenvalue weighted by molar-refractivity contribution is 6.75. The Labute approximate surface area is 425 Å². The zero-order valence-electron chi connectivity index (χ0n) is 44.4. The van der Waals surface area contributed by atoms with Gasteiger partial charge in [-0.1, -0.05) is 55.4 Å². The zero-order chi connectivity index (χ0) is 50.5. The van der Waals surface area contributed by atoms with Crippen LogP contribution in [0.2, 0.25) is 24.2 Å². The van der Waals surface area contributed by atoms with Gasteiger partial charge in [0.2, 0.25) is 0 Å². The highest BCUT2D eigenvalue weighted by Gasteiger charge is 2.54. The molecule has 400 valence electrons. The molecule has 0 aliphatic heterocycles. The molecule has 4 aromatic heterocycles. The standard InChI is InChI=1S/2C24H46N4O5Si2/c2*1-5-17-29-34(30-18-6-2,21-9-13-27-15-11-25-23-27)33-35(31-19-7-3,32-20-8-4)22-10-14-28-16-12-26-24-28/h2*11-12,15-16,23-24H,5-10,13-14,17-22H2,1-4H3. The molecule has 0 N–H and O–H groups in total. The fourth-order valence-electron chi connectivity index (χ4n) is 7.31. The lowest BCUT2D eigenvalue weighted by Gasteiger charge is -2.39. The van der Waals surface area contributed by atoms with Gasteiger partial charge in [-0.05, 0) is 77.0 Å². The molecule has 0 bridgehead atoms. The maximum absolute atomic E-state index is 7.01. The van der Waals surface area contributed by atoms with E-state index in [9.17, 15) is 0 Å². The van der Waals surface area contributed by atoms with E-state index >= 15 is 0 Å². The molecule has 4 aromatic rings. The number of aromatic nitrogens is 8. The molecule has 0 radical (unpaired) electrons. The average molecular weight is 1050 g/mol. The van der Waals surface area contributed by atoms with Gasteiger partial charge < -0.3 is 61.9 Å². The third-order valence-corrected chi connectivity index (χ3v) is 24.7. The summed E-state index contributed by atoms with van der Waals surface area (Å²) in [6.45, 7) is 25.0. The fourth-order valence-corrected chi connectivity index (χ4v) is 22.6. The Kier molecular flexibility index (Phi) is 32.7. The molecule has 0 saturated carbocycles. The first-order valence-corrected chi connectivity index (χ1v) is 34.3. The molecule has 22 heteroatoms. The first-order valence-electron chi connectivity index (χ1n) is 26.6. The molecule has 0 amide bonds. The molecule has 18 nitrogen and oxygen atoms in total. The molecule has 4 heterocycles. The number of rotatable bonds is 44. The summed E-state index contributed by atoms with van der Waals surface area (Å²) in [5.41, 5.74) is 0. The molecular weight excluding hydrogens is 961 g/mol. The van der Waals surface area contributed by atoms with Gasteiger partial charge in [-0.15, -0.1) is 0 Å². The van der Waals surface area contributed by atoms with E-state index < -0.39 is 35.2 Å². The summed E-state index contributed by atoms with van der Waals surface area (Å²) in [4.78, 5) is 16.6. The molecule has 0 aromatic carbocycles. The first-order chi connectivity index (χ1) is 34.2. The summed E-state index contributed by atoms with van der Waals surface area (Å²) in [7, 11) is -12.3. The normalized spacial score (nSPS) is 12.5. The second-order valence-corrected chi connectivity index (χ2v) is 28.7. The van der Waals surface area contributed by atoms with Crippen molar-refractivity contribution in [3.05, 3.63) is 74.9 Å². The van der Waals surface area contributed by atoms with Crippen molar-refractivity contribution in [3.63, 3.8) is 0 Å². The second-order valence-electron chi connectivity index (χ2n) is 17.3. The van der Waals surface area contributed by atoms with Gasteiger partial charge in [-0.2, -0.15) is 0 Å². The van der Waals surface area contributed by atoms with Crippen molar-refractivity contribution < 1.29 is 43.6 Å². The van der Waals surface area contributed by atoms with Crippen molar-refractivity contribution in [2.24, 2.45) is 0 Å². The number of aryl methyl sites for hydroxylation is 4. The average Bonchev–Trinajstić information content (AvgIpc) is 4.25. The molecule has 4 rings (SSSR count). The molecular formula is C48H92N8O10Si4. The largest absolute Gasteiger partial charge is 0.493 e. The van der Waals surface area contributed by atoms with Crippen LogP contribution in [0.25, 0.3) is 0 Å². The van der Waals surface area contributed by atoms with Crippen LogP contribution in [-0.4, -0.2) is 126 Å². The Hall–Kier alpha value is -2.69. The molecule has 0 unspecified atom stereocenters. The number of nitrogens with zero attached hydrogens (tertiary/aromatic N) is 8. The Balaban J connectivity index is 0.000000370. The minimum absolute atomic E-state index is 0.599. The van der Waals surface area contributed by atoms with Crippen molar-refractivity contribution in [2.75, 3.05) is 52.9 Å². The van der Waals surface area contributed by atoms with E-state index in [1.165, 1.54) is 0 Å². The number of hydrogen-bond donors (Lipinski definition) is 0. The topological polar surface area (TPSA) is 164 Å². The van der Waals surface area contributed by atoms with Gasteiger partial charge in [0.1, 0.15) is 0 Å². The predicted molar refractivity (Wildman–Crippen MR) is 282 cm³/mol. The molecule has 0 atom stereocenters. The quantitative estimate of drug-likeness (QED) is 0.0384. The fraction of sp³-hybridized carbons (Fsp3) is 0.750. The van der Waals surface area contributed by atoms with Gasteiger partial charge >= 0.3 is 35.2 Å². The van der Waals surface area contributed by atoms with Crippen molar-refractivity contribution in [1.29, 1.82) is 0 Å². The molecule has 0 fully saturated rings. The SMILES string of the molecule is CCCO[Si](CCCn1ccnc1)(OCCC)O[Si](CCCn1ccnc1)(OCCC)OCCC.CCCO[Si](CCCn1ccnc1)(OCCC)O[Si](CCCn1ccnc1)(OCCC)OCCC. The maximum Gasteiger partial charge on any atom is 0.493 e. The lowest BCUT2D eigenvalue weighted by atomic mass is 10.5. The third kappa shape index (κ3) is 24.4. The Morgan fingerprint density at radius 3 is 0.629 bits per heavy atom. The molecule has 0 aliphatic rings. The van der Waals surface area contributed by atoms with Crippen molar-refractivity contribution in [3.8, 4) is 0 Å². The highest BCUT2D eigenvalue weighted by Crippen LogP contribution is 2.31. The smallest absolute Gasteiger partial charge is 0.374 e. The van der Waals surface area contributed by atoms with Crippen LogP contribution >= 0.6 is 0 Å². The van der Waals surface area contributed by atoms with Gasteiger partial charge in [0, 0.05) is 153 Å². The number of hydrogen-bond acceptors (Lipinski definition) is 14. The Morgan fingerprint density at radius 1 is 0.300 bits per heavy atom. The molecule has 0 saturated heterocycles. The lowest BCUT2D eigenvalue weighted by molar-refractivity contribution is 0.0384. The first kappa shape index (κ1) is 61.6. The van der Waals surface area contributed by atoms with Crippen LogP contribution in [0, 0.1) is 0 Å². The van der Waals surface area contributed by atoms with Gasteiger partial charge in [0.15, 0.2) is 0 Å². The van der Waals surface area contributed by atoms with E-state index in [1.807, 2.05) is 50.1 Å². The van der Waals surface area contributed by atoms with Crippen molar-refractivity contribution in [1.82, 2.24) is 38.2 Å². The monoisotopic (exact) mass is 1050 g/mol. The molecule has 0 spiro atoms. The van der Waals surface area contributed by atoms with E-state index in [2.05, 4.69) is 93.6 Å². The van der Waals surface area contributed by atoms with Gasteiger partial charge in [0.05, 0.1) is 25.3 Å². The van der Waals surface area contributed by atoms with Crippen LogP contribution in [0.15, 0.2) is 74.9 Å². The van der Waals surface area contributed by atoms with Gasteiger partial charge in [-0.3, -0.25) is 0 Å². The molecule has 70 heavy (non-hydrogen) atoms. The summed E-state index contributed by atoms with van der Waals surface area (Å²) in [6, 6.07) is 2.86. The summed E-state index contributed by atoms with van der Waals surface area (Å²) >= 11 is 0. The van der Waals surface area contributed by atoms with Crippen molar-refractivity contribution in [2.45, 2.75) is 183 Å². The van der Waals surface area contributed by atoms with Crippen molar-refractivity contribution >= 4 is 35.2 Å². The molecule has 0 aliphatic carbocycles. The van der Waals surface area contributed by atoms with E-state index in [-0.39, 0.29) is 0 Å². The summed E-state index contributed by atoms with van der Waals surface area (Å²) in [6.07, 6.45) is 33.2. The maximum atomic E-state index is 7.01. The van der Waals surface area contributed by atoms with E-state index in [1.54, 1.807) is 24.8 Å². The van der Waals surface area contributed by atoms with Gasteiger partial charge in [-0.25, -0.2) is 19.9 Å². The van der Waals surface area contributed by atoms with Crippen LogP contribution in [0.4, 0.5) is 0 Å². The van der Waals surface area contributed by atoms with Crippen LogP contribution in [0.1, 0.15) is 132 Å². The van der Waals surface area contributed by atoms with E-state index in [4.69, 9.17) is 43.6 Å². The summed E-state index contributed by atoms with van der Waals surface area (Å²) in [5.74, 6) is 0. The Bertz CT molecular complexity index is 1470. The van der Waals surface area contributed by atoms with Crippen LogP contribution in [-0.2, 0) is 69.8 Å². The summed E-state index contributed by atoms with van der Waals surface area (Å²) < 4.78 is 74.3. The zero-order valence-corrected chi connectivity index (χ0v) is 48.4. The van der Waals surface area contributed by atoms with E-state index in [0.29, 0.717) is 77.0 Å².